The molecule has 1 aromatic carbocycles. The van der Waals surface area contributed by atoms with Crippen LogP contribution in [0.3, 0.4) is 0 Å². The lowest BCUT2D eigenvalue weighted by molar-refractivity contribution is -0.135. The lowest BCUT2D eigenvalue weighted by Crippen LogP contribution is -2.41. The van der Waals surface area contributed by atoms with E-state index < -0.39 is 5.91 Å². The fraction of sp³-hybridized carbons (Fsp3) is 0.227. The van der Waals surface area contributed by atoms with Crippen LogP contribution in [0.1, 0.15) is 29.0 Å². The third kappa shape index (κ3) is 4.45. The SMILES string of the molecule is C=Cc1cccc(NC(=O)CN(C(=O)Cn2nc(C(N)=O)c3ccccc32)C2CC2)n1. The molecule has 31 heavy (non-hydrogen) atoms. The van der Waals surface area contributed by atoms with Crippen molar-refractivity contribution in [3.05, 3.63) is 60.4 Å². The van der Waals surface area contributed by atoms with E-state index in [-0.39, 0.29) is 36.6 Å². The molecule has 3 aromatic rings. The number of rotatable bonds is 8. The number of carbonyl (C=O) groups excluding carboxylic acids is 3. The van der Waals surface area contributed by atoms with Crippen LogP contribution in [0.5, 0.6) is 0 Å². The number of pyridine rings is 1. The molecule has 2 aromatic heterocycles. The van der Waals surface area contributed by atoms with E-state index in [1.807, 2.05) is 0 Å². The normalized spacial score (nSPS) is 13.0. The number of nitrogens with one attached hydrogen (secondary N) is 1. The van der Waals surface area contributed by atoms with E-state index >= 15 is 0 Å². The lowest BCUT2D eigenvalue weighted by atomic mass is 10.2. The summed E-state index contributed by atoms with van der Waals surface area (Å²) in [4.78, 5) is 43.1. The van der Waals surface area contributed by atoms with Gasteiger partial charge < -0.3 is 16.0 Å². The van der Waals surface area contributed by atoms with Crippen LogP contribution >= 0.6 is 0 Å². The van der Waals surface area contributed by atoms with Crippen molar-refractivity contribution >= 4 is 40.5 Å². The predicted octanol–water partition coefficient (Wildman–Crippen LogP) is 1.80. The number of nitrogens with two attached hydrogens (primary N) is 1. The second-order valence-electron chi connectivity index (χ2n) is 7.34. The molecule has 0 aliphatic heterocycles. The number of anilines is 1. The van der Waals surface area contributed by atoms with Crippen LogP contribution in [0.25, 0.3) is 17.0 Å². The number of fused-ring (bicyclic) bond motifs is 1. The van der Waals surface area contributed by atoms with E-state index in [0.29, 0.717) is 22.4 Å². The summed E-state index contributed by atoms with van der Waals surface area (Å²) in [5, 5.41) is 7.54. The number of para-hydroxylation sites is 1. The van der Waals surface area contributed by atoms with Crippen molar-refractivity contribution in [3.63, 3.8) is 0 Å². The first kappa shape index (κ1) is 20.3. The second-order valence-corrected chi connectivity index (χ2v) is 7.34. The van der Waals surface area contributed by atoms with Crippen molar-refractivity contribution < 1.29 is 14.4 Å². The van der Waals surface area contributed by atoms with Crippen molar-refractivity contribution in [1.29, 1.82) is 0 Å². The van der Waals surface area contributed by atoms with Crippen LogP contribution in [0, 0.1) is 0 Å². The molecule has 1 aliphatic rings. The third-order valence-corrected chi connectivity index (χ3v) is 5.05. The van der Waals surface area contributed by atoms with Crippen molar-refractivity contribution in [1.82, 2.24) is 19.7 Å². The average molecular weight is 418 g/mol. The first-order chi connectivity index (χ1) is 15.0. The van der Waals surface area contributed by atoms with Gasteiger partial charge in [-0.15, -0.1) is 0 Å². The van der Waals surface area contributed by atoms with Crippen LogP contribution in [-0.2, 0) is 16.1 Å². The average Bonchev–Trinajstić information content (AvgIpc) is 3.54. The van der Waals surface area contributed by atoms with Crippen LogP contribution in [-0.4, -0.2) is 50.0 Å². The Kier molecular flexibility index (Phi) is 5.48. The zero-order chi connectivity index (χ0) is 22.0. The number of benzene rings is 1. The predicted molar refractivity (Wildman–Crippen MR) is 116 cm³/mol. The molecule has 0 unspecified atom stereocenters. The van der Waals surface area contributed by atoms with Crippen molar-refractivity contribution in [2.75, 3.05) is 11.9 Å². The van der Waals surface area contributed by atoms with Gasteiger partial charge in [-0.25, -0.2) is 4.98 Å². The van der Waals surface area contributed by atoms with E-state index in [4.69, 9.17) is 5.73 Å². The number of hydrogen-bond donors (Lipinski definition) is 2. The zero-order valence-electron chi connectivity index (χ0n) is 16.8. The van der Waals surface area contributed by atoms with Gasteiger partial charge in [-0.05, 0) is 37.1 Å². The molecule has 1 saturated carbocycles. The maximum atomic E-state index is 13.0. The van der Waals surface area contributed by atoms with Gasteiger partial charge in [-0.1, -0.05) is 30.8 Å². The van der Waals surface area contributed by atoms with E-state index in [9.17, 15) is 14.4 Å². The first-order valence-corrected chi connectivity index (χ1v) is 9.90. The smallest absolute Gasteiger partial charge is 0.269 e. The van der Waals surface area contributed by atoms with Crippen molar-refractivity contribution in [3.8, 4) is 0 Å². The molecule has 3 N–H and O–H groups in total. The Morgan fingerprint density at radius 1 is 1.19 bits per heavy atom. The fourth-order valence-corrected chi connectivity index (χ4v) is 3.43. The second kappa shape index (κ2) is 8.39. The minimum Gasteiger partial charge on any atom is -0.364 e. The van der Waals surface area contributed by atoms with Gasteiger partial charge in [0.1, 0.15) is 18.9 Å². The standard InChI is InChI=1S/C22H22N6O3/c1-2-14-6-5-9-18(24-14)25-19(29)12-27(15-10-11-15)20(30)13-28-17-8-4-3-7-16(17)21(26-28)22(23)31/h2-9,15H,1,10-13H2,(H2,23,31)(H,24,25,29). The summed E-state index contributed by atoms with van der Waals surface area (Å²) in [5.74, 6) is -0.850. The molecule has 9 nitrogen and oxygen atoms in total. The number of hydrogen-bond acceptors (Lipinski definition) is 5. The molecule has 0 bridgehead atoms. The molecule has 1 fully saturated rings. The van der Waals surface area contributed by atoms with Gasteiger partial charge in [0.2, 0.25) is 11.8 Å². The molecular formula is C22H22N6O3. The fourth-order valence-electron chi connectivity index (χ4n) is 3.43. The molecule has 0 spiro atoms. The topological polar surface area (TPSA) is 123 Å². The van der Waals surface area contributed by atoms with Gasteiger partial charge in [-0.3, -0.25) is 19.1 Å². The molecule has 4 rings (SSSR count). The molecule has 9 heteroatoms. The number of primary amides is 1. The summed E-state index contributed by atoms with van der Waals surface area (Å²) >= 11 is 0. The maximum Gasteiger partial charge on any atom is 0.269 e. The number of nitrogens with zero attached hydrogens (tertiary/aromatic N) is 4. The van der Waals surface area contributed by atoms with Crippen LogP contribution in [0.2, 0.25) is 0 Å². The van der Waals surface area contributed by atoms with E-state index in [0.717, 1.165) is 12.8 Å². The molecule has 158 valence electrons. The Morgan fingerprint density at radius 2 is 1.97 bits per heavy atom. The molecular weight excluding hydrogens is 396 g/mol. The molecule has 0 saturated heterocycles. The monoisotopic (exact) mass is 418 g/mol. The number of aromatic nitrogens is 3. The van der Waals surface area contributed by atoms with Gasteiger partial charge in [0.25, 0.3) is 5.91 Å². The summed E-state index contributed by atoms with van der Waals surface area (Å²) in [6.07, 6.45) is 3.27. The highest BCUT2D eigenvalue weighted by Crippen LogP contribution is 2.27. The molecule has 2 heterocycles. The molecule has 0 atom stereocenters. The largest absolute Gasteiger partial charge is 0.364 e. The Bertz CT molecular complexity index is 1180. The van der Waals surface area contributed by atoms with Gasteiger partial charge in [0.05, 0.1) is 11.2 Å². The highest BCUT2D eigenvalue weighted by molar-refractivity contribution is 6.04. The number of amides is 3. The zero-order valence-corrected chi connectivity index (χ0v) is 16.8. The van der Waals surface area contributed by atoms with E-state index in [1.54, 1.807) is 53.4 Å². The Hall–Kier alpha value is -4.01. The van der Waals surface area contributed by atoms with Crippen LogP contribution in [0.15, 0.2) is 49.0 Å². The molecule has 1 aliphatic carbocycles. The third-order valence-electron chi connectivity index (χ3n) is 5.05. The van der Waals surface area contributed by atoms with Gasteiger partial charge >= 0.3 is 0 Å². The van der Waals surface area contributed by atoms with E-state index in [1.165, 1.54) is 4.68 Å². The summed E-state index contributed by atoms with van der Waals surface area (Å²) in [6.45, 7) is 3.48. The summed E-state index contributed by atoms with van der Waals surface area (Å²) in [5.41, 5.74) is 6.82. The minimum absolute atomic E-state index is 0.0168. The molecule has 0 radical (unpaired) electrons. The number of carbonyl (C=O) groups is 3. The Morgan fingerprint density at radius 3 is 2.68 bits per heavy atom. The summed E-state index contributed by atoms with van der Waals surface area (Å²) < 4.78 is 1.46. The summed E-state index contributed by atoms with van der Waals surface area (Å²) in [6, 6.07) is 12.3. The van der Waals surface area contributed by atoms with Crippen LogP contribution in [0.4, 0.5) is 5.82 Å². The quantitative estimate of drug-likeness (QED) is 0.577. The van der Waals surface area contributed by atoms with E-state index in [2.05, 4.69) is 22.0 Å². The van der Waals surface area contributed by atoms with Crippen molar-refractivity contribution in [2.24, 2.45) is 5.73 Å². The Labute approximate surface area is 178 Å². The minimum atomic E-state index is -0.657. The molecule has 3 amide bonds. The van der Waals surface area contributed by atoms with Gasteiger partial charge in [0, 0.05) is 11.4 Å². The van der Waals surface area contributed by atoms with Gasteiger partial charge in [-0.2, -0.15) is 5.10 Å². The van der Waals surface area contributed by atoms with Crippen LogP contribution < -0.4 is 11.1 Å². The van der Waals surface area contributed by atoms with Crippen molar-refractivity contribution in [2.45, 2.75) is 25.4 Å². The first-order valence-electron chi connectivity index (χ1n) is 9.90. The Balaban J connectivity index is 1.50. The highest BCUT2D eigenvalue weighted by Gasteiger charge is 2.34. The summed E-state index contributed by atoms with van der Waals surface area (Å²) in [7, 11) is 0. The lowest BCUT2D eigenvalue weighted by Gasteiger charge is -2.22. The maximum absolute atomic E-state index is 13.0. The highest BCUT2D eigenvalue weighted by atomic mass is 16.2. The van der Waals surface area contributed by atoms with Gasteiger partial charge in [0.15, 0.2) is 5.69 Å².